The van der Waals surface area contributed by atoms with Gasteiger partial charge in [-0.1, -0.05) is 35.5 Å². The molecule has 1 aliphatic rings. The number of imide groups is 2. The average Bonchev–Trinajstić information content (AvgIpc) is 3.41. The van der Waals surface area contributed by atoms with Crippen LogP contribution in [0, 0.1) is 0 Å². The summed E-state index contributed by atoms with van der Waals surface area (Å²) in [5.74, 6) is -2.49. The molecule has 0 atom stereocenters. The number of benzene rings is 2. The standard InChI is InChI=1S/C24H18N6O5/c31-21-19(22(32)26-24(35)25-21)9-16-11-29(20-4-2-1-3-18(16)20)12-17-13-30(28-27-17)10-14-5-7-15(8-6-14)23(33)34/h1-9,11,13H,10,12H2,(H,33,34)(H2,25,26,31,32,35). The molecule has 35 heavy (non-hydrogen) atoms. The van der Waals surface area contributed by atoms with Gasteiger partial charge in [0, 0.05) is 22.7 Å². The topological polar surface area (TPSA) is 148 Å². The lowest BCUT2D eigenvalue weighted by Crippen LogP contribution is -2.51. The number of nitrogens with zero attached hydrogens (tertiary/aromatic N) is 4. The lowest BCUT2D eigenvalue weighted by atomic mass is 10.1. The second-order valence-corrected chi connectivity index (χ2v) is 7.93. The summed E-state index contributed by atoms with van der Waals surface area (Å²) in [5, 5.41) is 22.4. The first-order chi connectivity index (χ1) is 16.9. The van der Waals surface area contributed by atoms with Gasteiger partial charge in [0.1, 0.15) is 11.3 Å². The van der Waals surface area contributed by atoms with Gasteiger partial charge in [0.15, 0.2) is 0 Å². The van der Waals surface area contributed by atoms with Crippen molar-refractivity contribution in [2.24, 2.45) is 0 Å². The zero-order valence-corrected chi connectivity index (χ0v) is 18.1. The number of aromatic nitrogens is 4. The molecule has 174 valence electrons. The largest absolute Gasteiger partial charge is 0.478 e. The van der Waals surface area contributed by atoms with Gasteiger partial charge in [-0.05, 0) is 29.8 Å². The molecule has 0 aliphatic carbocycles. The van der Waals surface area contributed by atoms with Crippen LogP contribution in [0.3, 0.4) is 0 Å². The van der Waals surface area contributed by atoms with Crippen LogP contribution in [0.15, 0.2) is 66.5 Å². The fraction of sp³-hybridized carbons (Fsp3) is 0.0833. The lowest BCUT2D eigenvalue weighted by molar-refractivity contribution is -0.123. The van der Waals surface area contributed by atoms with Gasteiger partial charge >= 0.3 is 12.0 Å². The van der Waals surface area contributed by atoms with E-state index in [1.807, 2.05) is 28.8 Å². The number of nitrogens with one attached hydrogen (secondary N) is 2. The van der Waals surface area contributed by atoms with Gasteiger partial charge in [-0.15, -0.1) is 5.10 Å². The SMILES string of the molecule is O=C1NC(=O)C(=Cc2cn(Cc3cn(Cc4ccc(C(=O)O)cc4)nn3)c3ccccc23)C(=O)N1. The molecular weight excluding hydrogens is 452 g/mol. The maximum absolute atomic E-state index is 12.1. The van der Waals surface area contributed by atoms with E-state index in [-0.39, 0.29) is 11.1 Å². The summed E-state index contributed by atoms with van der Waals surface area (Å²) in [7, 11) is 0. The van der Waals surface area contributed by atoms with Gasteiger partial charge in [-0.3, -0.25) is 20.2 Å². The molecule has 0 unspecified atom stereocenters. The third-order valence-corrected chi connectivity index (χ3v) is 5.53. The molecule has 0 saturated carbocycles. The Morgan fingerprint density at radius 3 is 2.37 bits per heavy atom. The van der Waals surface area contributed by atoms with Crippen LogP contribution in [-0.4, -0.2) is 48.5 Å². The molecule has 1 saturated heterocycles. The number of barbiturate groups is 1. The molecule has 4 amide bonds. The normalized spacial score (nSPS) is 13.6. The van der Waals surface area contributed by atoms with Crippen LogP contribution in [-0.2, 0) is 22.7 Å². The summed E-state index contributed by atoms with van der Waals surface area (Å²) in [6, 6.07) is 13.2. The summed E-state index contributed by atoms with van der Waals surface area (Å²) < 4.78 is 3.59. The number of hydrogen-bond donors (Lipinski definition) is 3. The van der Waals surface area contributed by atoms with Crippen molar-refractivity contribution in [2.45, 2.75) is 13.1 Å². The molecule has 11 nitrogen and oxygen atoms in total. The Balaban J connectivity index is 1.40. The number of urea groups is 1. The molecule has 5 rings (SSSR count). The molecule has 1 fully saturated rings. The maximum atomic E-state index is 12.1. The van der Waals surface area contributed by atoms with Gasteiger partial charge < -0.3 is 9.67 Å². The van der Waals surface area contributed by atoms with E-state index in [4.69, 9.17) is 5.11 Å². The Morgan fingerprint density at radius 1 is 0.943 bits per heavy atom. The van der Waals surface area contributed by atoms with Crippen molar-refractivity contribution in [3.05, 3.63) is 88.9 Å². The highest BCUT2D eigenvalue weighted by molar-refractivity contribution is 6.31. The fourth-order valence-electron chi connectivity index (χ4n) is 3.89. The summed E-state index contributed by atoms with van der Waals surface area (Å²) in [6.45, 7) is 0.818. The van der Waals surface area contributed by atoms with Gasteiger partial charge in [-0.25, -0.2) is 14.3 Å². The van der Waals surface area contributed by atoms with Gasteiger partial charge in [-0.2, -0.15) is 0 Å². The van der Waals surface area contributed by atoms with E-state index in [9.17, 15) is 19.2 Å². The Morgan fingerprint density at radius 2 is 1.66 bits per heavy atom. The third kappa shape index (κ3) is 4.42. The Labute approximate surface area is 197 Å². The fourth-order valence-corrected chi connectivity index (χ4v) is 3.89. The van der Waals surface area contributed by atoms with Crippen LogP contribution < -0.4 is 10.6 Å². The van der Waals surface area contributed by atoms with Crippen molar-refractivity contribution in [2.75, 3.05) is 0 Å². The minimum absolute atomic E-state index is 0.160. The van der Waals surface area contributed by atoms with Crippen molar-refractivity contribution < 1.29 is 24.3 Å². The number of aromatic carboxylic acids is 1. The summed E-state index contributed by atoms with van der Waals surface area (Å²) >= 11 is 0. The molecule has 2 aromatic heterocycles. The number of carboxylic acids is 1. The monoisotopic (exact) mass is 470 g/mol. The molecule has 1 aliphatic heterocycles. The highest BCUT2D eigenvalue weighted by Gasteiger charge is 2.28. The third-order valence-electron chi connectivity index (χ3n) is 5.53. The van der Waals surface area contributed by atoms with Crippen LogP contribution in [0.25, 0.3) is 17.0 Å². The first-order valence-electron chi connectivity index (χ1n) is 10.5. The van der Waals surface area contributed by atoms with Crippen molar-refractivity contribution in [3.63, 3.8) is 0 Å². The maximum Gasteiger partial charge on any atom is 0.335 e. The van der Waals surface area contributed by atoms with E-state index in [0.717, 1.165) is 16.5 Å². The highest BCUT2D eigenvalue weighted by atomic mass is 16.4. The number of amides is 4. The predicted octanol–water partition coefficient (Wildman–Crippen LogP) is 1.78. The number of carboxylic acid groups (broad SMARTS) is 1. The smallest absolute Gasteiger partial charge is 0.335 e. The number of fused-ring (bicyclic) bond motifs is 1. The molecule has 3 heterocycles. The molecule has 3 N–H and O–H groups in total. The molecule has 0 bridgehead atoms. The van der Waals surface area contributed by atoms with Crippen LogP contribution in [0.2, 0.25) is 0 Å². The van der Waals surface area contributed by atoms with Gasteiger partial charge in [0.25, 0.3) is 11.8 Å². The summed E-state index contributed by atoms with van der Waals surface area (Å²) in [6.07, 6.45) is 5.05. The van der Waals surface area contributed by atoms with Crippen LogP contribution in [0.1, 0.15) is 27.2 Å². The molecular formula is C24H18N6O5. The quantitative estimate of drug-likeness (QED) is 0.287. The van der Waals surface area contributed by atoms with Crippen LogP contribution >= 0.6 is 0 Å². The highest BCUT2D eigenvalue weighted by Crippen LogP contribution is 2.25. The second kappa shape index (κ2) is 8.71. The molecule has 0 radical (unpaired) electrons. The molecule has 11 heteroatoms. The van der Waals surface area contributed by atoms with Gasteiger partial charge in [0.05, 0.1) is 24.8 Å². The van der Waals surface area contributed by atoms with E-state index in [1.165, 1.54) is 6.08 Å². The van der Waals surface area contributed by atoms with E-state index < -0.39 is 23.8 Å². The van der Waals surface area contributed by atoms with Crippen molar-refractivity contribution in [1.29, 1.82) is 0 Å². The Bertz CT molecular complexity index is 1510. The first-order valence-corrected chi connectivity index (χ1v) is 10.5. The number of carbonyl (C=O) groups excluding carboxylic acids is 3. The number of para-hydroxylation sites is 1. The number of rotatable bonds is 6. The minimum atomic E-state index is -0.980. The number of hydrogen-bond acceptors (Lipinski definition) is 6. The van der Waals surface area contributed by atoms with Gasteiger partial charge in [0.2, 0.25) is 0 Å². The Hall–Kier alpha value is -5.06. The zero-order chi connectivity index (χ0) is 24.5. The summed E-state index contributed by atoms with van der Waals surface area (Å²) in [5.41, 5.74) is 3.13. The molecule has 2 aromatic carbocycles. The van der Waals surface area contributed by atoms with E-state index in [1.54, 1.807) is 41.3 Å². The van der Waals surface area contributed by atoms with Crippen LogP contribution in [0.5, 0.6) is 0 Å². The second-order valence-electron chi connectivity index (χ2n) is 7.93. The van der Waals surface area contributed by atoms with E-state index in [0.29, 0.717) is 24.3 Å². The Kier molecular flexibility index (Phi) is 5.41. The van der Waals surface area contributed by atoms with Crippen molar-refractivity contribution in [3.8, 4) is 0 Å². The van der Waals surface area contributed by atoms with Crippen molar-refractivity contribution in [1.82, 2.24) is 30.2 Å². The lowest BCUT2D eigenvalue weighted by Gasteiger charge is -2.13. The van der Waals surface area contributed by atoms with Crippen molar-refractivity contribution >= 4 is 40.8 Å². The van der Waals surface area contributed by atoms with Crippen LogP contribution in [0.4, 0.5) is 4.79 Å². The van der Waals surface area contributed by atoms with E-state index >= 15 is 0 Å². The average molecular weight is 470 g/mol. The number of carbonyl (C=O) groups is 4. The first kappa shape index (κ1) is 21.8. The summed E-state index contributed by atoms with van der Waals surface area (Å²) in [4.78, 5) is 46.6. The van der Waals surface area contributed by atoms with E-state index in [2.05, 4.69) is 20.9 Å². The molecule has 0 spiro atoms. The zero-order valence-electron chi connectivity index (χ0n) is 18.1. The minimum Gasteiger partial charge on any atom is -0.478 e. The molecule has 4 aromatic rings. The predicted molar refractivity (Wildman–Crippen MR) is 123 cm³/mol.